The number of carboxylic acids is 1. The second-order valence-electron chi connectivity index (χ2n) is 2.52. The van der Waals surface area contributed by atoms with E-state index in [1.807, 2.05) is 6.08 Å². The second kappa shape index (κ2) is 3.34. The number of hydrogen-bond donors (Lipinski definition) is 2. The topological polar surface area (TPSA) is 63.3 Å². The molecule has 0 aliphatic heterocycles. The van der Waals surface area contributed by atoms with Crippen LogP contribution < -0.4 is 5.73 Å². The Morgan fingerprint density at radius 2 is 2.55 bits per heavy atom. The van der Waals surface area contributed by atoms with Gasteiger partial charge in [-0.1, -0.05) is 18.2 Å². The Balaban J connectivity index is 2.57. The fourth-order valence-electron chi connectivity index (χ4n) is 0.999. The zero-order chi connectivity index (χ0) is 8.27. The Morgan fingerprint density at radius 1 is 1.82 bits per heavy atom. The first-order valence-electron chi connectivity index (χ1n) is 3.54. The van der Waals surface area contributed by atoms with Crippen molar-refractivity contribution < 1.29 is 9.90 Å². The van der Waals surface area contributed by atoms with Crippen LogP contribution in [0.4, 0.5) is 0 Å². The van der Waals surface area contributed by atoms with Crippen molar-refractivity contribution in [3.63, 3.8) is 0 Å². The van der Waals surface area contributed by atoms with Crippen molar-refractivity contribution in [1.29, 1.82) is 0 Å². The molecule has 60 valence electrons. The Morgan fingerprint density at radius 3 is 2.91 bits per heavy atom. The van der Waals surface area contributed by atoms with Gasteiger partial charge in [-0.25, -0.2) is 0 Å². The first-order chi connectivity index (χ1) is 5.24. The summed E-state index contributed by atoms with van der Waals surface area (Å²) >= 11 is 0. The van der Waals surface area contributed by atoms with E-state index in [1.165, 1.54) is 0 Å². The molecule has 0 amide bonds. The lowest BCUT2D eigenvalue weighted by Crippen LogP contribution is -2.14. The molecule has 1 unspecified atom stereocenters. The van der Waals surface area contributed by atoms with Crippen LogP contribution in [0.15, 0.2) is 23.8 Å². The van der Waals surface area contributed by atoms with Crippen molar-refractivity contribution in [3.05, 3.63) is 23.8 Å². The van der Waals surface area contributed by atoms with E-state index >= 15 is 0 Å². The molecule has 0 aromatic carbocycles. The van der Waals surface area contributed by atoms with Crippen LogP contribution in [0.5, 0.6) is 0 Å². The Bertz CT molecular complexity index is 218. The molecule has 3 N–H and O–H groups in total. The van der Waals surface area contributed by atoms with Crippen LogP contribution in [0.1, 0.15) is 6.42 Å². The summed E-state index contributed by atoms with van der Waals surface area (Å²) in [5.74, 6) is -1.13. The van der Waals surface area contributed by atoms with Crippen LogP contribution in [0, 0.1) is 5.92 Å². The van der Waals surface area contributed by atoms with E-state index in [0.29, 0.717) is 13.0 Å². The monoisotopic (exact) mass is 153 g/mol. The summed E-state index contributed by atoms with van der Waals surface area (Å²) < 4.78 is 0. The van der Waals surface area contributed by atoms with Crippen LogP contribution in [0.3, 0.4) is 0 Å². The Kier molecular flexibility index (Phi) is 2.44. The molecular formula is C8H11NO2. The Labute approximate surface area is 65.2 Å². The number of aliphatic carboxylic acids is 1. The quantitative estimate of drug-likeness (QED) is 0.608. The lowest BCUT2D eigenvalue weighted by Gasteiger charge is -2.10. The first-order valence-corrected chi connectivity index (χ1v) is 3.54. The fourth-order valence-corrected chi connectivity index (χ4v) is 0.999. The molecule has 0 aromatic rings. The second-order valence-corrected chi connectivity index (χ2v) is 2.52. The molecule has 1 rings (SSSR count). The standard InChI is InChI=1S/C8H11NO2/c9-5-6-1-3-7(4-2-6)8(10)11/h1-3,7H,4-5,9H2,(H,10,11). The summed E-state index contributed by atoms with van der Waals surface area (Å²) in [6, 6.07) is 0. The molecule has 0 heterocycles. The van der Waals surface area contributed by atoms with E-state index in [4.69, 9.17) is 10.8 Å². The number of allylic oxidation sites excluding steroid dienone is 1. The van der Waals surface area contributed by atoms with Gasteiger partial charge in [-0.05, 0) is 12.0 Å². The first kappa shape index (κ1) is 8.01. The molecule has 0 spiro atoms. The highest BCUT2D eigenvalue weighted by atomic mass is 16.4. The lowest BCUT2D eigenvalue weighted by molar-refractivity contribution is -0.139. The molecule has 0 saturated heterocycles. The number of hydrogen-bond acceptors (Lipinski definition) is 2. The molecule has 0 saturated carbocycles. The molecule has 1 aliphatic carbocycles. The van der Waals surface area contributed by atoms with Crippen LogP contribution in [0.2, 0.25) is 0 Å². The molecule has 1 aliphatic rings. The van der Waals surface area contributed by atoms with Crippen molar-refractivity contribution >= 4 is 5.97 Å². The van der Waals surface area contributed by atoms with Gasteiger partial charge in [-0.3, -0.25) is 4.79 Å². The minimum atomic E-state index is -0.770. The zero-order valence-electron chi connectivity index (χ0n) is 6.16. The lowest BCUT2D eigenvalue weighted by atomic mass is 9.97. The van der Waals surface area contributed by atoms with E-state index in [1.54, 1.807) is 12.2 Å². The zero-order valence-corrected chi connectivity index (χ0v) is 6.16. The number of carbonyl (C=O) groups is 1. The maximum atomic E-state index is 10.4. The number of carboxylic acid groups (broad SMARTS) is 1. The molecule has 3 nitrogen and oxygen atoms in total. The SMILES string of the molecule is NCC1=CCC(C(=O)O)C=C1. The number of rotatable bonds is 2. The largest absolute Gasteiger partial charge is 0.481 e. The fraction of sp³-hybridized carbons (Fsp3) is 0.375. The van der Waals surface area contributed by atoms with Crippen LogP contribution in [-0.2, 0) is 4.79 Å². The van der Waals surface area contributed by atoms with E-state index in [0.717, 1.165) is 5.57 Å². The molecule has 3 heteroatoms. The molecule has 0 radical (unpaired) electrons. The normalized spacial score (nSPS) is 23.0. The summed E-state index contributed by atoms with van der Waals surface area (Å²) in [5.41, 5.74) is 6.37. The third kappa shape index (κ3) is 1.91. The van der Waals surface area contributed by atoms with Gasteiger partial charge in [-0.15, -0.1) is 0 Å². The Hall–Kier alpha value is -1.09. The molecule has 11 heavy (non-hydrogen) atoms. The van der Waals surface area contributed by atoms with Crippen molar-refractivity contribution in [3.8, 4) is 0 Å². The van der Waals surface area contributed by atoms with Gasteiger partial charge in [0, 0.05) is 6.54 Å². The van der Waals surface area contributed by atoms with Gasteiger partial charge in [0.05, 0.1) is 5.92 Å². The van der Waals surface area contributed by atoms with Crippen molar-refractivity contribution in [2.24, 2.45) is 11.7 Å². The third-order valence-electron chi connectivity index (χ3n) is 1.73. The maximum Gasteiger partial charge on any atom is 0.310 e. The van der Waals surface area contributed by atoms with Crippen molar-refractivity contribution in [2.45, 2.75) is 6.42 Å². The van der Waals surface area contributed by atoms with Gasteiger partial charge in [-0.2, -0.15) is 0 Å². The predicted molar refractivity (Wildman–Crippen MR) is 42.0 cm³/mol. The van der Waals surface area contributed by atoms with Crippen molar-refractivity contribution in [1.82, 2.24) is 0 Å². The molecule has 1 atom stereocenters. The van der Waals surface area contributed by atoms with Crippen LogP contribution in [0.25, 0.3) is 0 Å². The van der Waals surface area contributed by atoms with E-state index in [-0.39, 0.29) is 5.92 Å². The van der Waals surface area contributed by atoms with Gasteiger partial charge >= 0.3 is 5.97 Å². The van der Waals surface area contributed by atoms with Gasteiger partial charge in [0.1, 0.15) is 0 Å². The smallest absolute Gasteiger partial charge is 0.310 e. The van der Waals surface area contributed by atoms with Crippen LogP contribution >= 0.6 is 0 Å². The van der Waals surface area contributed by atoms with Crippen LogP contribution in [-0.4, -0.2) is 17.6 Å². The van der Waals surface area contributed by atoms with Gasteiger partial charge in [0.2, 0.25) is 0 Å². The van der Waals surface area contributed by atoms with E-state index < -0.39 is 5.97 Å². The highest BCUT2D eigenvalue weighted by molar-refractivity contribution is 5.73. The molecule has 0 bridgehead atoms. The van der Waals surface area contributed by atoms with Crippen molar-refractivity contribution in [2.75, 3.05) is 6.54 Å². The molecule has 0 aromatic heterocycles. The average Bonchev–Trinajstić information content (AvgIpc) is 2.05. The summed E-state index contributed by atoms with van der Waals surface area (Å²) in [5, 5.41) is 8.59. The summed E-state index contributed by atoms with van der Waals surface area (Å²) in [7, 11) is 0. The highest BCUT2D eigenvalue weighted by Gasteiger charge is 2.14. The average molecular weight is 153 g/mol. The minimum Gasteiger partial charge on any atom is -0.481 e. The summed E-state index contributed by atoms with van der Waals surface area (Å²) in [4.78, 5) is 10.4. The predicted octanol–water partition coefficient (Wildman–Crippen LogP) is 0.532. The van der Waals surface area contributed by atoms with Gasteiger partial charge < -0.3 is 10.8 Å². The molecular weight excluding hydrogens is 142 g/mol. The third-order valence-corrected chi connectivity index (χ3v) is 1.73. The molecule has 0 fully saturated rings. The number of nitrogens with two attached hydrogens (primary N) is 1. The van der Waals surface area contributed by atoms with Gasteiger partial charge in [0.25, 0.3) is 0 Å². The minimum absolute atomic E-state index is 0.356. The van der Waals surface area contributed by atoms with E-state index in [9.17, 15) is 4.79 Å². The van der Waals surface area contributed by atoms with E-state index in [2.05, 4.69) is 0 Å². The van der Waals surface area contributed by atoms with Gasteiger partial charge in [0.15, 0.2) is 0 Å². The summed E-state index contributed by atoms with van der Waals surface area (Å²) in [6.45, 7) is 0.489. The maximum absolute atomic E-state index is 10.4. The highest BCUT2D eigenvalue weighted by Crippen LogP contribution is 2.15. The summed E-state index contributed by atoms with van der Waals surface area (Å²) in [6.07, 6.45) is 5.91.